The number of carbonyl (C=O) groups is 1. The van der Waals surface area contributed by atoms with Gasteiger partial charge in [0.2, 0.25) is 0 Å². The molecule has 1 unspecified atom stereocenters. The molecule has 1 aromatic rings. The largest absolute Gasteiger partial charge is 0.409 e. The second-order valence-corrected chi connectivity index (χ2v) is 5.01. The molecule has 19 heavy (non-hydrogen) atoms. The maximum Gasteiger partial charge on any atom is 0.251 e. The highest BCUT2D eigenvalue weighted by atomic mass is 32.2. The Morgan fingerprint density at radius 1 is 1.42 bits per heavy atom. The Morgan fingerprint density at radius 3 is 2.47 bits per heavy atom. The second kappa shape index (κ2) is 7.68. The van der Waals surface area contributed by atoms with Crippen molar-refractivity contribution in [2.24, 2.45) is 10.9 Å². The first-order valence-electron chi connectivity index (χ1n) is 6.00. The van der Waals surface area contributed by atoms with Gasteiger partial charge < -0.3 is 16.3 Å². The molecule has 0 aliphatic carbocycles. The van der Waals surface area contributed by atoms with Crippen molar-refractivity contribution in [1.29, 1.82) is 0 Å². The molecule has 0 saturated heterocycles. The first kappa shape index (κ1) is 15.4. The molecule has 0 heterocycles. The third kappa shape index (κ3) is 4.48. The predicted octanol–water partition coefficient (Wildman–Crippen LogP) is 1.65. The molecule has 0 bridgehead atoms. The summed E-state index contributed by atoms with van der Waals surface area (Å²) in [5.41, 5.74) is 6.60. The highest BCUT2D eigenvalue weighted by molar-refractivity contribution is 7.98. The summed E-state index contributed by atoms with van der Waals surface area (Å²) in [6, 6.07) is 6.80. The molecule has 4 N–H and O–H groups in total. The Bertz CT molecular complexity index is 446. The fourth-order valence-corrected chi connectivity index (χ4v) is 2.30. The van der Waals surface area contributed by atoms with Gasteiger partial charge in [-0.15, -0.1) is 0 Å². The average Bonchev–Trinajstić information content (AvgIpc) is 2.45. The van der Waals surface area contributed by atoms with Gasteiger partial charge in [0.15, 0.2) is 5.84 Å². The second-order valence-electron chi connectivity index (χ2n) is 4.10. The molecule has 0 aliphatic rings. The monoisotopic (exact) mass is 281 g/mol. The minimum atomic E-state index is -0.105. The summed E-state index contributed by atoms with van der Waals surface area (Å²) in [6.45, 7) is 2.04. The zero-order valence-electron chi connectivity index (χ0n) is 11.1. The lowest BCUT2D eigenvalue weighted by atomic mass is 10.1. The number of hydrogen-bond donors (Lipinski definition) is 3. The number of hydrogen-bond acceptors (Lipinski definition) is 4. The van der Waals surface area contributed by atoms with E-state index in [0.717, 1.165) is 12.2 Å². The topological polar surface area (TPSA) is 87.7 Å². The fraction of sp³-hybridized carbons (Fsp3) is 0.385. The quantitative estimate of drug-likeness (QED) is 0.320. The van der Waals surface area contributed by atoms with Gasteiger partial charge in [0.25, 0.3) is 5.91 Å². The molecule has 6 heteroatoms. The van der Waals surface area contributed by atoms with Crippen molar-refractivity contribution in [2.45, 2.75) is 19.4 Å². The summed E-state index contributed by atoms with van der Waals surface area (Å²) in [6.07, 6.45) is 2.91. The molecule has 0 radical (unpaired) electrons. The normalized spacial score (nSPS) is 13.1. The van der Waals surface area contributed by atoms with E-state index in [2.05, 4.69) is 10.5 Å². The van der Waals surface area contributed by atoms with E-state index < -0.39 is 0 Å². The van der Waals surface area contributed by atoms with Crippen molar-refractivity contribution in [1.82, 2.24) is 5.32 Å². The van der Waals surface area contributed by atoms with Gasteiger partial charge in [0.1, 0.15) is 0 Å². The number of amidine groups is 1. The third-order valence-corrected chi connectivity index (χ3v) is 3.48. The number of amides is 1. The number of rotatable bonds is 6. The lowest BCUT2D eigenvalue weighted by molar-refractivity contribution is 0.0940. The maximum absolute atomic E-state index is 12.0. The highest BCUT2D eigenvalue weighted by Crippen LogP contribution is 2.07. The zero-order chi connectivity index (χ0) is 14.3. The van der Waals surface area contributed by atoms with Crippen LogP contribution in [0.25, 0.3) is 0 Å². The van der Waals surface area contributed by atoms with Crippen molar-refractivity contribution in [3.63, 3.8) is 0 Å². The zero-order valence-corrected chi connectivity index (χ0v) is 11.9. The molecule has 1 rings (SSSR count). The number of nitrogens with one attached hydrogen (secondary N) is 1. The first-order valence-corrected chi connectivity index (χ1v) is 7.39. The Hall–Kier alpha value is -1.69. The molecule has 1 aromatic carbocycles. The molecule has 0 aromatic heterocycles. The van der Waals surface area contributed by atoms with Crippen LogP contribution < -0.4 is 11.1 Å². The third-order valence-electron chi connectivity index (χ3n) is 2.75. The van der Waals surface area contributed by atoms with Crippen LogP contribution >= 0.6 is 11.8 Å². The number of carbonyl (C=O) groups excluding carboxylic acids is 1. The summed E-state index contributed by atoms with van der Waals surface area (Å²) < 4.78 is 0. The van der Waals surface area contributed by atoms with E-state index in [9.17, 15) is 4.79 Å². The minimum absolute atomic E-state index is 0.0285. The summed E-state index contributed by atoms with van der Waals surface area (Å²) in [4.78, 5) is 12.0. The maximum atomic E-state index is 12.0. The van der Waals surface area contributed by atoms with E-state index in [1.54, 1.807) is 36.0 Å². The number of oxime groups is 1. The van der Waals surface area contributed by atoms with Crippen LogP contribution in [0.4, 0.5) is 0 Å². The molecule has 0 aliphatic heterocycles. The number of benzene rings is 1. The molecular weight excluding hydrogens is 262 g/mol. The van der Waals surface area contributed by atoms with Gasteiger partial charge in [0, 0.05) is 22.9 Å². The van der Waals surface area contributed by atoms with Crippen LogP contribution in [0.3, 0.4) is 0 Å². The molecule has 5 nitrogen and oxygen atoms in total. The van der Waals surface area contributed by atoms with E-state index >= 15 is 0 Å². The number of nitrogens with two attached hydrogens (primary N) is 1. The van der Waals surface area contributed by atoms with Crippen molar-refractivity contribution >= 4 is 23.5 Å². The van der Waals surface area contributed by atoms with Crippen LogP contribution in [0.15, 0.2) is 29.4 Å². The molecular formula is C13H19N3O2S. The van der Waals surface area contributed by atoms with Crippen LogP contribution in [-0.4, -0.2) is 35.0 Å². The van der Waals surface area contributed by atoms with E-state index in [0.29, 0.717) is 11.1 Å². The SMILES string of the molecule is CCC(CSC)NC(=O)c1ccc(/C(N)=N/O)cc1. The van der Waals surface area contributed by atoms with Crippen LogP contribution in [-0.2, 0) is 0 Å². The number of thioether (sulfide) groups is 1. The van der Waals surface area contributed by atoms with Crippen LogP contribution in [0, 0.1) is 0 Å². The van der Waals surface area contributed by atoms with Gasteiger partial charge in [-0.25, -0.2) is 0 Å². The molecule has 104 valence electrons. The Balaban J connectivity index is 2.72. The lowest BCUT2D eigenvalue weighted by Gasteiger charge is -2.15. The lowest BCUT2D eigenvalue weighted by Crippen LogP contribution is -2.36. The predicted molar refractivity (Wildman–Crippen MR) is 78.9 cm³/mol. The van der Waals surface area contributed by atoms with Gasteiger partial charge in [-0.05, 0) is 24.8 Å². The average molecular weight is 281 g/mol. The van der Waals surface area contributed by atoms with Gasteiger partial charge in [-0.3, -0.25) is 4.79 Å². The molecule has 1 atom stereocenters. The van der Waals surface area contributed by atoms with Gasteiger partial charge >= 0.3 is 0 Å². The van der Waals surface area contributed by atoms with E-state index in [1.165, 1.54) is 0 Å². The fourth-order valence-electron chi connectivity index (χ4n) is 1.58. The van der Waals surface area contributed by atoms with Crippen LogP contribution in [0.1, 0.15) is 29.3 Å². The van der Waals surface area contributed by atoms with Crippen molar-refractivity contribution in [3.05, 3.63) is 35.4 Å². The summed E-state index contributed by atoms with van der Waals surface area (Å²) >= 11 is 1.71. The van der Waals surface area contributed by atoms with E-state index in [-0.39, 0.29) is 17.8 Å². The minimum Gasteiger partial charge on any atom is -0.409 e. The summed E-state index contributed by atoms with van der Waals surface area (Å²) in [5.74, 6) is 0.817. The molecule has 0 spiro atoms. The molecule has 0 saturated carbocycles. The van der Waals surface area contributed by atoms with Crippen LogP contribution in [0.5, 0.6) is 0 Å². The van der Waals surface area contributed by atoms with Crippen molar-refractivity contribution in [2.75, 3.05) is 12.0 Å². The number of nitrogens with zero attached hydrogens (tertiary/aromatic N) is 1. The first-order chi connectivity index (χ1) is 9.12. The Kier molecular flexibility index (Phi) is 6.21. The van der Waals surface area contributed by atoms with Gasteiger partial charge in [0.05, 0.1) is 0 Å². The van der Waals surface area contributed by atoms with E-state index in [4.69, 9.17) is 10.9 Å². The van der Waals surface area contributed by atoms with Gasteiger partial charge in [-0.2, -0.15) is 11.8 Å². The van der Waals surface area contributed by atoms with Crippen molar-refractivity contribution < 1.29 is 10.0 Å². The molecule has 0 fully saturated rings. The van der Waals surface area contributed by atoms with E-state index in [1.807, 2.05) is 13.2 Å². The summed E-state index contributed by atoms with van der Waals surface area (Å²) in [7, 11) is 0. The Labute approximate surface area is 117 Å². The Morgan fingerprint density at radius 2 is 2.00 bits per heavy atom. The summed E-state index contributed by atoms with van der Waals surface area (Å²) in [5, 5.41) is 14.4. The molecule has 1 amide bonds. The van der Waals surface area contributed by atoms with Gasteiger partial charge in [-0.1, -0.05) is 24.2 Å². The highest BCUT2D eigenvalue weighted by Gasteiger charge is 2.11. The van der Waals surface area contributed by atoms with Crippen LogP contribution in [0.2, 0.25) is 0 Å². The van der Waals surface area contributed by atoms with Crippen molar-refractivity contribution in [3.8, 4) is 0 Å². The standard InChI is InChI=1S/C13H19N3O2S/c1-3-11(8-19-2)15-13(17)10-6-4-9(5-7-10)12(14)16-18/h4-7,11,18H,3,8H2,1-2H3,(H2,14,16)(H,15,17). The smallest absolute Gasteiger partial charge is 0.251 e.